The van der Waals surface area contributed by atoms with Crippen molar-refractivity contribution in [2.24, 2.45) is 0 Å². The quantitative estimate of drug-likeness (QED) is 0.806. The Labute approximate surface area is 110 Å². The van der Waals surface area contributed by atoms with Crippen molar-refractivity contribution in [3.05, 3.63) is 40.4 Å². The number of rotatable bonds is 5. The van der Waals surface area contributed by atoms with Gasteiger partial charge in [-0.15, -0.1) is 0 Å². The predicted molar refractivity (Wildman–Crippen MR) is 70.7 cm³/mol. The summed E-state index contributed by atoms with van der Waals surface area (Å²) in [5.74, 6) is -1.10. The van der Waals surface area contributed by atoms with E-state index in [1.165, 1.54) is 13.0 Å². The Balaban J connectivity index is 2.69. The number of carboxylic acid groups (broad SMARTS) is 1. The van der Waals surface area contributed by atoms with Gasteiger partial charge in [0.15, 0.2) is 0 Å². The second kappa shape index (κ2) is 6.81. The third-order valence-corrected chi connectivity index (χ3v) is 2.46. The molecule has 0 aromatic heterocycles. The number of nitrogens with one attached hydrogen (secondary N) is 1. The minimum atomic E-state index is -1.01. The molecule has 0 atom stereocenters. The fraction of sp³-hybridized carbons (Fsp3) is 0.231. The molecule has 0 saturated carbocycles. The zero-order valence-corrected chi connectivity index (χ0v) is 10.7. The normalized spacial score (nSPS) is 10.6. The van der Waals surface area contributed by atoms with Crippen LogP contribution in [0.5, 0.6) is 0 Å². The minimum Gasteiger partial charge on any atom is -0.478 e. The second-order valence-electron chi connectivity index (χ2n) is 3.71. The molecule has 4 nitrogen and oxygen atoms in total. The highest BCUT2D eigenvalue weighted by molar-refractivity contribution is 6.31. The smallest absolute Gasteiger partial charge is 0.336 e. The molecule has 96 valence electrons. The summed E-state index contributed by atoms with van der Waals surface area (Å²) in [4.78, 5) is 21.6. The van der Waals surface area contributed by atoms with Gasteiger partial charge in [0.25, 0.3) is 0 Å². The molecular formula is C13H14ClNO3. The molecule has 1 aromatic rings. The lowest BCUT2D eigenvalue weighted by Gasteiger charge is -2.02. The zero-order chi connectivity index (χ0) is 13.5. The third-order valence-electron chi connectivity index (χ3n) is 2.23. The largest absolute Gasteiger partial charge is 0.478 e. The molecule has 0 aliphatic carbocycles. The van der Waals surface area contributed by atoms with Gasteiger partial charge in [-0.05, 0) is 24.1 Å². The van der Waals surface area contributed by atoms with E-state index in [1.54, 1.807) is 18.2 Å². The summed E-state index contributed by atoms with van der Waals surface area (Å²) in [6, 6.07) is 4.71. The van der Waals surface area contributed by atoms with Crippen molar-refractivity contribution in [1.29, 1.82) is 0 Å². The summed E-state index contributed by atoms with van der Waals surface area (Å²) >= 11 is 5.74. The van der Waals surface area contributed by atoms with E-state index in [1.807, 2.05) is 6.08 Å². The van der Waals surface area contributed by atoms with E-state index in [9.17, 15) is 9.59 Å². The fourth-order valence-corrected chi connectivity index (χ4v) is 1.57. The number of aromatic carboxylic acids is 1. The minimum absolute atomic E-state index is 0.0823. The number of halogens is 1. The van der Waals surface area contributed by atoms with E-state index in [2.05, 4.69) is 5.32 Å². The number of carbonyl (C=O) groups excluding carboxylic acids is 1. The van der Waals surface area contributed by atoms with Gasteiger partial charge in [-0.2, -0.15) is 0 Å². The van der Waals surface area contributed by atoms with Crippen LogP contribution in [0.4, 0.5) is 0 Å². The van der Waals surface area contributed by atoms with Crippen LogP contribution >= 0.6 is 11.6 Å². The standard InChI is InChI=1S/C13H14ClNO3/c1-9(16)15-7-3-2-4-10-5-6-11(14)8-12(10)13(17)18/h2,4-6,8H,3,7H2,1H3,(H,15,16)(H,17,18). The Bertz CT molecular complexity index is 483. The lowest BCUT2D eigenvalue weighted by Crippen LogP contribution is -2.20. The van der Waals surface area contributed by atoms with E-state index >= 15 is 0 Å². The van der Waals surface area contributed by atoms with Crippen molar-refractivity contribution in [2.45, 2.75) is 13.3 Å². The monoisotopic (exact) mass is 267 g/mol. The van der Waals surface area contributed by atoms with E-state index in [-0.39, 0.29) is 11.5 Å². The highest BCUT2D eigenvalue weighted by Gasteiger charge is 2.07. The maximum atomic E-state index is 11.0. The molecule has 0 spiro atoms. The molecule has 0 fully saturated rings. The van der Waals surface area contributed by atoms with E-state index < -0.39 is 5.97 Å². The first-order valence-electron chi connectivity index (χ1n) is 5.44. The van der Waals surface area contributed by atoms with Crippen LogP contribution in [0.1, 0.15) is 29.3 Å². The molecule has 0 aliphatic heterocycles. The van der Waals surface area contributed by atoms with Gasteiger partial charge in [-0.3, -0.25) is 4.79 Å². The summed E-state index contributed by atoms with van der Waals surface area (Å²) in [5.41, 5.74) is 0.757. The molecule has 0 heterocycles. The summed E-state index contributed by atoms with van der Waals surface area (Å²) in [6.45, 7) is 1.98. The van der Waals surface area contributed by atoms with E-state index in [4.69, 9.17) is 16.7 Å². The molecule has 0 aliphatic rings. The Hall–Kier alpha value is -1.81. The fourth-order valence-electron chi connectivity index (χ4n) is 1.40. The van der Waals surface area contributed by atoms with Gasteiger partial charge in [0, 0.05) is 18.5 Å². The second-order valence-corrected chi connectivity index (χ2v) is 4.15. The van der Waals surface area contributed by atoms with Crippen LogP contribution in [0.2, 0.25) is 5.02 Å². The summed E-state index contributed by atoms with van der Waals surface area (Å²) < 4.78 is 0. The topological polar surface area (TPSA) is 66.4 Å². The number of amides is 1. The number of carboxylic acids is 1. The van der Waals surface area contributed by atoms with Gasteiger partial charge in [-0.1, -0.05) is 29.8 Å². The van der Waals surface area contributed by atoms with Crippen LogP contribution in [0, 0.1) is 0 Å². The van der Waals surface area contributed by atoms with Crippen molar-refractivity contribution in [3.63, 3.8) is 0 Å². The van der Waals surface area contributed by atoms with Gasteiger partial charge < -0.3 is 10.4 Å². The van der Waals surface area contributed by atoms with Gasteiger partial charge >= 0.3 is 5.97 Å². The number of hydrogen-bond acceptors (Lipinski definition) is 2. The van der Waals surface area contributed by atoms with Crippen molar-refractivity contribution < 1.29 is 14.7 Å². The highest BCUT2D eigenvalue weighted by Crippen LogP contribution is 2.17. The molecule has 1 aromatic carbocycles. The molecule has 0 bridgehead atoms. The Kier molecular flexibility index (Phi) is 5.39. The Morgan fingerprint density at radius 1 is 1.44 bits per heavy atom. The number of carbonyl (C=O) groups is 2. The molecule has 18 heavy (non-hydrogen) atoms. The van der Waals surface area contributed by atoms with E-state index in [0.717, 1.165) is 0 Å². The maximum Gasteiger partial charge on any atom is 0.336 e. The van der Waals surface area contributed by atoms with E-state index in [0.29, 0.717) is 23.6 Å². The van der Waals surface area contributed by atoms with Crippen LogP contribution in [0.15, 0.2) is 24.3 Å². The molecule has 0 radical (unpaired) electrons. The van der Waals surface area contributed by atoms with Crippen LogP contribution in [0.3, 0.4) is 0 Å². The van der Waals surface area contributed by atoms with Gasteiger partial charge in [0.05, 0.1) is 5.56 Å². The zero-order valence-electron chi connectivity index (χ0n) is 9.94. The van der Waals surface area contributed by atoms with Gasteiger partial charge in [0.1, 0.15) is 0 Å². The molecule has 2 N–H and O–H groups in total. The average molecular weight is 268 g/mol. The summed E-state index contributed by atoms with van der Waals surface area (Å²) in [6.07, 6.45) is 4.16. The molecule has 1 amide bonds. The lowest BCUT2D eigenvalue weighted by molar-refractivity contribution is -0.118. The van der Waals surface area contributed by atoms with Crippen molar-refractivity contribution in [1.82, 2.24) is 5.32 Å². The first kappa shape index (κ1) is 14.3. The highest BCUT2D eigenvalue weighted by atomic mass is 35.5. The third kappa shape index (κ3) is 4.59. The van der Waals surface area contributed by atoms with Crippen molar-refractivity contribution in [3.8, 4) is 0 Å². The Morgan fingerprint density at radius 3 is 2.78 bits per heavy atom. The first-order valence-corrected chi connectivity index (χ1v) is 5.82. The van der Waals surface area contributed by atoms with Crippen molar-refractivity contribution in [2.75, 3.05) is 6.54 Å². The van der Waals surface area contributed by atoms with Crippen molar-refractivity contribution >= 4 is 29.6 Å². The maximum absolute atomic E-state index is 11.0. The molecule has 1 rings (SSSR count). The SMILES string of the molecule is CC(=O)NCCC=Cc1ccc(Cl)cc1C(=O)O. The summed E-state index contributed by atoms with van der Waals surface area (Å²) in [7, 11) is 0. The predicted octanol–water partition coefficient (Wildman–Crippen LogP) is 2.58. The lowest BCUT2D eigenvalue weighted by atomic mass is 10.1. The molecule has 0 saturated heterocycles. The molecule has 0 unspecified atom stereocenters. The van der Waals surface area contributed by atoms with Crippen LogP contribution in [-0.2, 0) is 4.79 Å². The first-order chi connectivity index (χ1) is 8.50. The summed E-state index contributed by atoms with van der Waals surface area (Å²) in [5, 5.41) is 12.1. The van der Waals surface area contributed by atoms with Gasteiger partial charge in [0.2, 0.25) is 5.91 Å². The number of benzene rings is 1. The molecule has 5 heteroatoms. The average Bonchev–Trinajstić information content (AvgIpc) is 2.29. The van der Waals surface area contributed by atoms with Crippen LogP contribution in [0.25, 0.3) is 6.08 Å². The van der Waals surface area contributed by atoms with Crippen LogP contribution in [-0.4, -0.2) is 23.5 Å². The molecular weight excluding hydrogens is 254 g/mol. The number of hydrogen-bond donors (Lipinski definition) is 2. The van der Waals surface area contributed by atoms with Gasteiger partial charge in [-0.25, -0.2) is 4.79 Å². The van der Waals surface area contributed by atoms with Crippen LogP contribution < -0.4 is 5.32 Å². The Morgan fingerprint density at radius 2 is 2.17 bits per heavy atom.